The lowest BCUT2D eigenvalue weighted by atomic mass is 10.1. The Morgan fingerprint density at radius 3 is 2.45 bits per heavy atom. The Bertz CT molecular complexity index is 129. The van der Waals surface area contributed by atoms with Crippen LogP contribution in [0.1, 0.15) is 46.5 Å². The van der Waals surface area contributed by atoms with E-state index in [2.05, 4.69) is 39.0 Å². The van der Waals surface area contributed by atoms with Crippen molar-refractivity contribution in [2.45, 2.75) is 46.5 Å². The number of hydrogen-bond donors (Lipinski definition) is 0. The van der Waals surface area contributed by atoms with Gasteiger partial charge in [0.2, 0.25) is 0 Å². The molecule has 0 radical (unpaired) electrons. The molecule has 0 amide bonds. The molecule has 0 unspecified atom stereocenters. The van der Waals surface area contributed by atoms with Crippen LogP contribution in [-0.2, 0) is 0 Å². The summed E-state index contributed by atoms with van der Waals surface area (Å²) in [4.78, 5) is 0. The molecule has 0 aromatic rings. The highest BCUT2D eigenvalue weighted by molar-refractivity contribution is 5.06. The SMILES string of the molecule is C/C=C/C/C(=C/CC)CCC. The van der Waals surface area contributed by atoms with Gasteiger partial charge in [-0.2, -0.15) is 0 Å². The summed E-state index contributed by atoms with van der Waals surface area (Å²) in [6.07, 6.45) is 11.6. The molecule has 0 heteroatoms. The third kappa shape index (κ3) is 5.90. The van der Waals surface area contributed by atoms with Gasteiger partial charge in [0.1, 0.15) is 0 Å². The smallest absolute Gasteiger partial charge is 0.0139 e. The summed E-state index contributed by atoms with van der Waals surface area (Å²) >= 11 is 0. The zero-order valence-electron chi connectivity index (χ0n) is 8.06. The Kier molecular flexibility index (Phi) is 7.23. The lowest BCUT2D eigenvalue weighted by Crippen LogP contribution is -1.80. The molecular weight excluding hydrogens is 132 g/mol. The second kappa shape index (κ2) is 7.59. The lowest BCUT2D eigenvalue weighted by molar-refractivity contribution is 0.869. The van der Waals surface area contributed by atoms with Gasteiger partial charge in [-0.05, 0) is 26.2 Å². The molecule has 0 aliphatic heterocycles. The molecular formula is C11H20. The first-order chi connectivity index (χ1) is 5.35. The van der Waals surface area contributed by atoms with Crippen LogP contribution in [0.3, 0.4) is 0 Å². The highest BCUT2D eigenvalue weighted by Crippen LogP contribution is 2.10. The minimum atomic E-state index is 1.15. The predicted octanol–water partition coefficient (Wildman–Crippen LogP) is 4.09. The second-order valence-electron chi connectivity index (χ2n) is 2.79. The van der Waals surface area contributed by atoms with Crippen LogP contribution in [0, 0.1) is 0 Å². The molecule has 0 aromatic heterocycles. The summed E-state index contributed by atoms with van der Waals surface area (Å²) in [5.41, 5.74) is 1.59. The van der Waals surface area contributed by atoms with Crippen molar-refractivity contribution in [3.05, 3.63) is 23.8 Å². The summed E-state index contributed by atoms with van der Waals surface area (Å²) in [6.45, 7) is 6.51. The number of rotatable bonds is 5. The van der Waals surface area contributed by atoms with Crippen molar-refractivity contribution in [3.63, 3.8) is 0 Å². The van der Waals surface area contributed by atoms with Crippen molar-refractivity contribution in [1.29, 1.82) is 0 Å². The fraction of sp³-hybridized carbons (Fsp3) is 0.636. The standard InChI is InChI=1S/C11H20/c1-4-7-10-11(8-5-2)9-6-3/h4,7-8H,5-6,9-10H2,1-3H3/b7-4+,11-8+. The van der Waals surface area contributed by atoms with Gasteiger partial charge in [0.15, 0.2) is 0 Å². The average Bonchev–Trinajstić information content (AvgIpc) is 2.01. The van der Waals surface area contributed by atoms with E-state index in [-0.39, 0.29) is 0 Å². The first kappa shape index (κ1) is 10.5. The Labute approximate surface area is 71.0 Å². The summed E-state index contributed by atoms with van der Waals surface area (Å²) in [5.74, 6) is 0. The lowest BCUT2D eigenvalue weighted by Gasteiger charge is -2.00. The van der Waals surface area contributed by atoms with E-state index in [1.54, 1.807) is 5.57 Å². The van der Waals surface area contributed by atoms with Crippen molar-refractivity contribution < 1.29 is 0 Å². The van der Waals surface area contributed by atoms with Crippen molar-refractivity contribution in [3.8, 4) is 0 Å². The molecule has 0 rings (SSSR count). The van der Waals surface area contributed by atoms with Gasteiger partial charge in [0, 0.05) is 0 Å². The molecule has 0 bridgehead atoms. The molecule has 0 nitrogen and oxygen atoms in total. The largest absolute Gasteiger partial charge is 0.0913 e. The van der Waals surface area contributed by atoms with Crippen LogP contribution in [0.5, 0.6) is 0 Å². The second-order valence-corrected chi connectivity index (χ2v) is 2.79. The van der Waals surface area contributed by atoms with Gasteiger partial charge >= 0.3 is 0 Å². The first-order valence-electron chi connectivity index (χ1n) is 4.64. The van der Waals surface area contributed by atoms with Crippen LogP contribution >= 0.6 is 0 Å². The van der Waals surface area contributed by atoms with E-state index < -0.39 is 0 Å². The van der Waals surface area contributed by atoms with Gasteiger partial charge in [-0.3, -0.25) is 0 Å². The Balaban J connectivity index is 3.78. The predicted molar refractivity (Wildman–Crippen MR) is 52.7 cm³/mol. The van der Waals surface area contributed by atoms with Crippen molar-refractivity contribution in [1.82, 2.24) is 0 Å². The summed E-state index contributed by atoms with van der Waals surface area (Å²) in [5, 5.41) is 0. The zero-order valence-corrected chi connectivity index (χ0v) is 8.06. The van der Waals surface area contributed by atoms with Crippen LogP contribution in [-0.4, -0.2) is 0 Å². The van der Waals surface area contributed by atoms with Gasteiger partial charge < -0.3 is 0 Å². The van der Waals surface area contributed by atoms with Crippen molar-refractivity contribution in [2.24, 2.45) is 0 Å². The minimum Gasteiger partial charge on any atom is -0.0913 e. The van der Waals surface area contributed by atoms with Crippen LogP contribution in [0.15, 0.2) is 23.8 Å². The maximum absolute atomic E-state index is 2.35. The van der Waals surface area contributed by atoms with E-state index in [1.807, 2.05) is 0 Å². The number of hydrogen-bond acceptors (Lipinski definition) is 0. The maximum atomic E-state index is 2.35. The quantitative estimate of drug-likeness (QED) is 0.520. The monoisotopic (exact) mass is 152 g/mol. The molecule has 11 heavy (non-hydrogen) atoms. The van der Waals surface area contributed by atoms with Crippen LogP contribution in [0.25, 0.3) is 0 Å². The number of allylic oxidation sites excluding steroid dienone is 4. The van der Waals surface area contributed by atoms with Gasteiger partial charge in [0.05, 0.1) is 0 Å². The van der Waals surface area contributed by atoms with E-state index in [9.17, 15) is 0 Å². The summed E-state index contributed by atoms with van der Waals surface area (Å²) < 4.78 is 0. The Morgan fingerprint density at radius 2 is 2.00 bits per heavy atom. The van der Waals surface area contributed by atoms with Gasteiger partial charge in [0.25, 0.3) is 0 Å². The van der Waals surface area contributed by atoms with Crippen LogP contribution < -0.4 is 0 Å². The van der Waals surface area contributed by atoms with E-state index >= 15 is 0 Å². The Morgan fingerprint density at radius 1 is 1.27 bits per heavy atom. The molecule has 0 aliphatic rings. The molecule has 0 heterocycles. The molecule has 64 valence electrons. The average molecular weight is 152 g/mol. The van der Waals surface area contributed by atoms with Gasteiger partial charge in [-0.15, -0.1) is 0 Å². The molecule has 0 N–H and O–H groups in total. The third-order valence-corrected chi connectivity index (χ3v) is 1.68. The minimum absolute atomic E-state index is 1.15. The summed E-state index contributed by atoms with van der Waals surface area (Å²) in [7, 11) is 0. The zero-order chi connectivity index (χ0) is 8.53. The highest BCUT2D eigenvalue weighted by atomic mass is 14.0. The van der Waals surface area contributed by atoms with E-state index in [1.165, 1.54) is 19.3 Å². The third-order valence-electron chi connectivity index (χ3n) is 1.68. The molecule has 0 saturated carbocycles. The molecule has 0 aromatic carbocycles. The van der Waals surface area contributed by atoms with Crippen molar-refractivity contribution in [2.75, 3.05) is 0 Å². The highest BCUT2D eigenvalue weighted by Gasteiger charge is 1.90. The Hall–Kier alpha value is -0.520. The van der Waals surface area contributed by atoms with Gasteiger partial charge in [-0.25, -0.2) is 0 Å². The summed E-state index contributed by atoms with van der Waals surface area (Å²) in [6, 6.07) is 0. The van der Waals surface area contributed by atoms with Crippen LogP contribution in [0.2, 0.25) is 0 Å². The topological polar surface area (TPSA) is 0 Å². The van der Waals surface area contributed by atoms with Gasteiger partial charge in [-0.1, -0.05) is 44.1 Å². The van der Waals surface area contributed by atoms with E-state index in [0.29, 0.717) is 0 Å². The molecule has 0 spiro atoms. The maximum Gasteiger partial charge on any atom is -0.0139 e. The molecule has 0 atom stereocenters. The molecule has 0 saturated heterocycles. The first-order valence-corrected chi connectivity index (χ1v) is 4.64. The van der Waals surface area contributed by atoms with E-state index in [4.69, 9.17) is 0 Å². The molecule has 0 fully saturated rings. The molecule has 0 aliphatic carbocycles. The fourth-order valence-corrected chi connectivity index (χ4v) is 1.17. The fourth-order valence-electron chi connectivity index (χ4n) is 1.17. The van der Waals surface area contributed by atoms with Crippen LogP contribution in [0.4, 0.5) is 0 Å². The normalized spacial score (nSPS) is 12.8. The van der Waals surface area contributed by atoms with Crippen molar-refractivity contribution >= 4 is 0 Å². The van der Waals surface area contributed by atoms with E-state index in [0.717, 1.165) is 6.42 Å².